The van der Waals surface area contributed by atoms with Crippen LogP contribution in [-0.2, 0) is 4.79 Å². The van der Waals surface area contributed by atoms with Crippen molar-refractivity contribution in [3.8, 4) is 0 Å². The van der Waals surface area contributed by atoms with E-state index in [9.17, 15) is 9.59 Å². The molecule has 0 saturated heterocycles. The van der Waals surface area contributed by atoms with Gasteiger partial charge in [-0.1, -0.05) is 15.9 Å². The molecule has 1 heterocycles. The van der Waals surface area contributed by atoms with Crippen molar-refractivity contribution in [2.45, 2.75) is 4.90 Å². The number of thioether (sulfide) groups is 1. The first-order valence-corrected chi connectivity index (χ1v) is 8.18. The monoisotopic (exact) mass is 416 g/mol. The second kappa shape index (κ2) is 7.10. The molecule has 4 nitrogen and oxygen atoms in total. The minimum atomic E-state index is -0.324. The summed E-state index contributed by atoms with van der Waals surface area (Å²) in [5.41, 5.74) is -0.0871. The second-order valence-corrected chi connectivity index (χ2v) is 6.73. The van der Waals surface area contributed by atoms with Gasteiger partial charge in [0.15, 0.2) is 0 Å². The lowest BCUT2D eigenvalue weighted by Crippen LogP contribution is -2.20. The molecule has 0 spiro atoms. The van der Waals surface area contributed by atoms with Crippen molar-refractivity contribution >= 4 is 55.2 Å². The van der Waals surface area contributed by atoms with Crippen molar-refractivity contribution in [2.24, 2.45) is 0 Å². The summed E-state index contributed by atoms with van der Waals surface area (Å²) in [7, 11) is 0. The fraction of sp³-hybridized carbons (Fsp3) is 0.0769. The van der Waals surface area contributed by atoms with Gasteiger partial charge in [-0.3, -0.25) is 9.59 Å². The van der Waals surface area contributed by atoms with Crippen LogP contribution in [0.3, 0.4) is 0 Å². The van der Waals surface area contributed by atoms with Crippen LogP contribution in [0.15, 0.2) is 55.2 Å². The van der Waals surface area contributed by atoms with Crippen molar-refractivity contribution in [3.05, 3.63) is 55.8 Å². The molecule has 1 amide bonds. The fourth-order valence-corrected chi connectivity index (χ4v) is 2.72. The standard InChI is InChI=1S/C13H10Br2N2O2S/c14-8-1-3-10(4-2-8)20-7-12(18)17-11-5-9(15)6-16-13(11)19/h1-6H,7H2,(H,16,19)(H,17,18). The highest BCUT2D eigenvalue weighted by atomic mass is 79.9. The Hall–Kier alpha value is -1.05. The van der Waals surface area contributed by atoms with Crippen molar-refractivity contribution in [2.75, 3.05) is 11.1 Å². The van der Waals surface area contributed by atoms with E-state index in [4.69, 9.17) is 0 Å². The maximum atomic E-state index is 11.8. The molecule has 0 bridgehead atoms. The molecule has 0 aliphatic carbocycles. The number of amides is 1. The maximum Gasteiger partial charge on any atom is 0.271 e. The van der Waals surface area contributed by atoms with Crippen molar-refractivity contribution in [1.82, 2.24) is 4.98 Å². The minimum absolute atomic E-state index is 0.221. The van der Waals surface area contributed by atoms with Gasteiger partial charge in [0.25, 0.3) is 5.56 Å². The Morgan fingerprint density at radius 2 is 1.90 bits per heavy atom. The molecule has 20 heavy (non-hydrogen) atoms. The van der Waals surface area contributed by atoms with Crippen molar-refractivity contribution < 1.29 is 4.79 Å². The van der Waals surface area contributed by atoms with Crippen LogP contribution in [0.25, 0.3) is 0 Å². The number of halogens is 2. The highest BCUT2D eigenvalue weighted by molar-refractivity contribution is 9.10. The number of carbonyl (C=O) groups excluding carboxylic acids is 1. The molecule has 2 aromatic rings. The second-order valence-electron chi connectivity index (χ2n) is 3.85. The molecule has 7 heteroatoms. The Kier molecular flexibility index (Phi) is 5.45. The topological polar surface area (TPSA) is 62.0 Å². The third-order valence-corrected chi connectivity index (χ3v) is 4.32. The van der Waals surface area contributed by atoms with Gasteiger partial charge in [0.05, 0.1) is 5.75 Å². The van der Waals surface area contributed by atoms with E-state index in [1.54, 1.807) is 6.07 Å². The summed E-state index contributed by atoms with van der Waals surface area (Å²) in [4.78, 5) is 26.8. The largest absolute Gasteiger partial charge is 0.326 e. The van der Waals surface area contributed by atoms with Gasteiger partial charge in [0, 0.05) is 20.0 Å². The first-order chi connectivity index (χ1) is 9.54. The molecule has 0 fully saturated rings. The molecule has 0 saturated carbocycles. The molecule has 0 atom stereocenters. The number of H-pyrrole nitrogens is 1. The highest BCUT2D eigenvalue weighted by Gasteiger charge is 2.07. The van der Waals surface area contributed by atoms with Gasteiger partial charge in [-0.05, 0) is 46.3 Å². The minimum Gasteiger partial charge on any atom is -0.326 e. The van der Waals surface area contributed by atoms with Gasteiger partial charge in [-0.15, -0.1) is 11.8 Å². The predicted molar refractivity (Wildman–Crippen MR) is 88.3 cm³/mol. The first kappa shape index (κ1) is 15.3. The van der Waals surface area contributed by atoms with Gasteiger partial charge >= 0.3 is 0 Å². The Morgan fingerprint density at radius 1 is 1.20 bits per heavy atom. The zero-order valence-electron chi connectivity index (χ0n) is 10.2. The van der Waals surface area contributed by atoms with Crippen LogP contribution >= 0.6 is 43.6 Å². The molecular weight excluding hydrogens is 408 g/mol. The Morgan fingerprint density at radius 3 is 2.60 bits per heavy atom. The highest BCUT2D eigenvalue weighted by Crippen LogP contribution is 2.20. The Balaban J connectivity index is 1.94. The Labute approximate surface area is 136 Å². The molecule has 2 rings (SSSR count). The van der Waals surface area contributed by atoms with Crippen molar-refractivity contribution in [3.63, 3.8) is 0 Å². The van der Waals surface area contributed by atoms with Crippen LogP contribution < -0.4 is 10.9 Å². The van der Waals surface area contributed by atoms with Gasteiger partial charge in [-0.2, -0.15) is 0 Å². The molecule has 0 aliphatic heterocycles. The quantitative estimate of drug-likeness (QED) is 0.746. The number of hydrogen-bond acceptors (Lipinski definition) is 3. The molecule has 1 aromatic carbocycles. The summed E-state index contributed by atoms with van der Waals surface area (Å²) in [5, 5.41) is 2.59. The number of hydrogen-bond donors (Lipinski definition) is 2. The average molecular weight is 418 g/mol. The van der Waals surface area contributed by atoms with Crippen LogP contribution in [0.4, 0.5) is 5.69 Å². The number of benzene rings is 1. The molecule has 0 unspecified atom stereocenters. The first-order valence-electron chi connectivity index (χ1n) is 5.61. The van der Waals surface area contributed by atoms with Gasteiger partial charge in [0.1, 0.15) is 5.69 Å². The SMILES string of the molecule is O=C(CSc1ccc(Br)cc1)Nc1cc(Br)c[nH]c1=O. The summed E-state index contributed by atoms with van der Waals surface area (Å²) < 4.78 is 1.69. The fourth-order valence-electron chi connectivity index (χ4n) is 1.42. The average Bonchev–Trinajstić information content (AvgIpc) is 2.42. The van der Waals surface area contributed by atoms with Gasteiger partial charge in [-0.25, -0.2) is 0 Å². The van der Waals surface area contributed by atoms with Crippen molar-refractivity contribution in [1.29, 1.82) is 0 Å². The van der Waals surface area contributed by atoms with E-state index in [0.717, 1.165) is 9.37 Å². The Bertz CT molecular complexity index is 671. The lowest BCUT2D eigenvalue weighted by Gasteiger charge is -2.05. The van der Waals surface area contributed by atoms with Crippen LogP contribution in [0.5, 0.6) is 0 Å². The number of anilines is 1. The number of aromatic nitrogens is 1. The van der Waals surface area contributed by atoms with Crippen LogP contribution in [0, 0.1) is 0 Å². The molecular formula is C13H10Br2N2O2S. The number of carbonyl (C=O) groups is 1. The maximum absolute atomic E-state index is 11.8. The van der Waals surface area contributed by atoms with E-state index >= 15 is 0 Å². The number of rotatable bonds is 4. The third-order valence-electron chi connectivity index (χ3n) is 2.33. The van der Waals surface area contributed by atoms with E-state index in [2.05, 4.69) is 42.2 Å². The van der Waals surface area contributed by atoms with Gasteiger partial charge in [0.2, 0.25) is 5.91 Å². The summed E-state index contributed by atoms with van der Waals surface area (Å²) in [6, 6.07) is 9.25. The van der Waals surface area contributed by atoms with Crippen LogP contribution in [0.1, 0.15) is 0 Å². The predicted octanol–water partition coefficient (Wildman–Crippen LogP) is 3.63. The third kappa shape index (κ3) is 4.50. The number of nitrogens with one attached hydrogen (secondary N) is 2. The number of aromatic amines is 1. The van der Waals surface area contributed by atoms with E-state index < -0.39 is 0 Å². The zero-order chi connectivity index (χ0) is 14.5. The zero-order valence-corrected chi connectivity index (χ0v) is 14.1. The van der Waals surface area contributed by atoms with Gasteiger partial charge < -0.3 is 10.3 Å². The number of pyridine rings is 1. The van der Waals surface area contributed by atoms with E-state index in [1.165, 1.54) is 18.0 Å². The van der Waals surface area contributed by atoms with Crippen LogP contribution in [-0.4, -0.2) is 16.6 Å². The normalized spacial score (nSPS) is 10.3. The summed E-state index contributed by atoms with van der Waals surface area (Å²) >= 11 is 8.00. The lowest BCUT2D eigenvalue weighted by molar-refractivity contribution is -0.113. The molecule has 1 aromatic heterocycles. The van der Waals surface area contributed by atoms with E-state index in [-0.39, 0.29) is 22.9 Å². The van der Waals surface area contributed by atoms with Crippen LogP contribution in [0.2, 0.25) is 0 Å². The molecule has 0 aliphatic rings. The summed E-state index contributed by atoms with van der Waals surface area (Å²) in [6.45, 7) is 0. The summed E-state index contributed by atoms with van der Waals surface area (Å²) in [6.07, 6.45) is 1.52. The lowest BCUT2D eigenvalue weighted by atomic mass is 10.4. The molecule has 104 valence electrons. The van der Waals surface area contributed by atoms with E-state index in [1.807, 2.05) is 24.3 Å². The molecule has 2 N–H and O–H groups in total. The molecule has 0 radical (unpaired) electrons. The van der Waals surface area contributed by atoms with E-state index in [0.29, 0.717) is 4.47 Å². The summed E-state index contributed by atoms with van der Waals surface area (Å²) in [5.74, 6) is 0.0228. The smallest absolute Gasteiger partial charge is 0.271 e.